The van der Waals surface area contributed by atoms with E-state index in [1.165, 1.54) is 20.3 Å². The molecule has 1 aromatic carbocycles. The number of hydrogen-bond donors (Lipinski definition) is 0. The Hall–Kier alpha value is -1.63. The van der Waals surface area contributed by atoms with Crippen LogP contribution in [-0.2, 0) is 9.53 Å². The Morgan fingerprint density at radius 2 is 1.95 bits per heavy atom. The van der Waals surface area contributed by atoms with Crippen molar-refractivity contribution in [3.05, 3.63) is 21.9 Å². The lowest BCUT2D eigenvalue weighted by atomic mass is 10.1. The maximum absolute atomic E-state index is 14.2. The van der Waals surface area contributed by atoms with Crippen molar-refractivity contribution >= 4 is 27.7 Å². The molecule has 0 aliphatic heterocycles. The maximum Gasteiger partial charge on any atom is 0.379 e. The number of rotatable bonds is 5. The third-order valence-corrected chi connectivity index (χ3v) is 2.88. The second-order valence-electron chi connectivity index (χ2n) is 3.33. The molecular formula is C12H12BrFO5. The summed E-state index contributed by atoms with van der Waals surface area (Å²) in [5.74, 6) is -3.35. The molecule has 7 heteroatoms. The molecule has 0 bridgehead atoms. The van der Waals surface area contributed by atoms with E-state index in [4.69, 9.17) is 9.47 Å². The van der Waals surface area contributed by atoms with E-state index in [1.807, 2.05) is 0 Å². The summed E-state index contributed by atoms with van der Waals surface area (Å²) in [4.78, 5) is 23.2. The summed E-state index contributed by atoms with van der Waals surface area (Å²) in [5.41, 5.74) is -0.448. The molecule has 0 N–H and O–H groups in total. The van der Waals surface area contributed by atoms with Crippen LogP contribution in [0.3, 0.4) is 0 Å². The molecule has 0 saturated carbocycles. The van der Waals surface area contributed by atoms with Crippen LogP contribution < -0.4 is 9.47 Å². The lowest BCUT2D eigenvalue weighted by Gasteiger charge is -2.12. The van der Waals surface area contributed by atoms with E-state index in [-0.39, 0.29) is 22.6 Å². The van der Waals surface area contributed by atoms with Crippen LogP contribution in [0.1, 0.15) is 17.3 Å². The largest absolute Gasteiger partial charge is 0.493 e. The molecule has 0 saturated heterocycles. The lowest BCUT2D eigenvalue weighted by Crippen LogP contribution is -2.20. The van der Waals surface area contributed by atoms with Crippen molar-refractivity contribution in [2.75, 3.05) is 20.8 Å². The molecule has 0 amide bonds. The fraction of sp³-hybridized carbons (Fsp3) is 0.333. The van der Waals surface area contributed by atoms with Gasteiger partial charge in [0.25, 0.3) is 5.78 Å². The first-order valence-corrected chi connectivity index (χ1v) is 6.08. The molecule has 0 heterocycles. The second kappa shape index (κ2) is 6.51. The minimum absolute atomic E-state index is 0.0249. The Morgan fingerprint density at radius 1 is 1.32 bits per heavy atom. The van der Waals surface area contributed by atoms with Crippen LogP contribution in [0.4, 0.5) is 4.39 Å². The van der Waals surface area contributed by atoms with Gasteiger partial charge < -0.3 is 14.2 Å². The maximum atomic E-state index is 14.2. The second-order valence-corrected chi connectivity index (χ2v) is 4.19. The fourth-order valence-corrected chi connectivity index (χ4v) is 1.99. The Kier molecular flexibility index (Phi) is 5.29. The number of Topliss-reactive ketones (excluding diaryl/α,β-unsaturated/α-hetero) is 1. The number of methoxy groups -OCH3 is 2. The average molecular weight is 335 g/mol. The molecule has 0 fully saturated rings. The molecule has 5 nitrogen and oxygen atoms in total. The van der Waals surface area contributed by atoms with Gasteiger partial charge in [-0.3, -0.25) is 4.79 Å². The van der Waals surface area contributed by atoms with Crippen molar-refractivity contribution in [1.82, 2.24) is 0 Å². The summed E-state index contributed by atoms with van der Waals surface area (Å²) in [5, 5.41) is 0. The van der Waals surface area contributed by atoms with Gasteiger partial charge in [0.2, 0.25) is 0 Å². The first kappa shape index (κ1) is 15.4. The van der Waals surface area contributed by atoms with E-state index in [0.717, 1.165) is 0 Å². The Bertz CT molecular complexity index is 515. The van der Waals surface area contributed by atoms with Gasteiger partial charge in [-0.25, -0.2) is 9.18 Å². The third-order valence-electron chi connectivity index (χ3n) is 2.25. The van der Waals surface area contributed by atoms with E-state index in [0.29, 0.717) is 0 Å². The summed E-state index contributed by atoms with van der Waals surface area (Å²) in [6.45, 7) is 1.57. The van der Waals surface area contributed by atoms with Gasteiger partial charge in [0.1, 0.15) is 0 Å². The van der Waals surface area contributed by atoms with Gasteiger partial charge in [-0.2, -0.15) is 0 Å². The number of halogens is 2. The Morgan fingerprint density at radius 3 is 2.42 bits per heavy atom. The molecular weight excluding hydrogens is 323 g/mol. The summed E-state index contributed by atoms with van der Waals surface area (Å²) in [6.07, 6.45) is 0. The monoisotopic (exact) mass is 334 g/mol. The summed E-state index contributed by atoms with van der Waals surface area (Å²) < 4.78 is 28.5. The molecule has 0 spiro atoms. The minimum atomic E-state index is -1.13. The topological polar surface area (TPSA) is 61.8 Å². The number of ether oxygens (including phenoxy) is 3. The van der Waals surface area contributed by atoms with Crippen molar-refractivity contribution < 1.29 is 28.2 Å². The van der Waals surface area contributed by atoms with Crippen molar-refractivity contribution in [2.24, 2.45) is 0 Å². The molecule has 0 aliphatic rings. The zero-order chi connectivity index (χ0) is 14.6. The van der Waals surface area contributed by atoms with Crippen LogP contribution in [-0.4, -0.2) is 32.6 Å². The zero-order valence-corrected chi connectivity index (χ0v) is 12.2. The van der Waals surface area contributed by atoms with Crippen LogP contribution in [0.5, 0.6) is 11.5 Å². The molecule has 1 rings (SSSR count). The van der Waals surface area contributed by atoms with Gasteiger partial charge in [0.05, 0.1) is 26.4 Å². The highest BCUT2D eigenvalue weighted by Crippen LogP contribution is 2.37. The van der Waals surface area contributed by atoms with Crippen LogP contribution in [0.25, 0.3) is 0 Å². The standard InChI is InChI=1S/C12H12BrFO5/c1-4-19-12(16)10(15)8-6(13)5-7(17-2)11(18-3)9(8)14/h5H,4H2,1-3H3. The molecule has 0 aliphatic carbocycles. The third kappa shape index (κ3) is 3.04. The molecule has 1 aromatic rings. The smallest absolute Gasteiger partial charge is 0.379 e. The number of carbonyl (C=O) groups excluding carboxylic acids is 2. The first-order chi connectivity index (χ1) is 8.97. The fourth-order valence-electron chi connectivity index (χ4n) is 1.43. The van der Waals surface area contributed by atoms with Gasteiger partial charge in [-0.1, -0.05) is 0 Å². The van der Waals surface area contributed by atoms with E-state index in [9.17, 15) is 14.0 Å². The number of esters is 1. The number of hydrogen-bond acceptors (Lipinski definition) is 5. The number of benzene rings is 1. The average Bonchev–Trinajstić information content (AvgIpc) is 2.38. The predicted octanol–water partition coefficient (Wildman–Crippen LogP) is 2.35. The first-order valence-electron chi connectivity index (χ1n) is 5.29. The van der Waals surface area contributed by atoms with Gasteiger partial charge in [0.15, 0.2) is 17.3 Å². The molecule has 0 atom stereocenters. The summed E-state index contributed by atoms with van der Waals surface area (Å²) in [7, 11) is 2.56. The molecule has 104 valence electrons. The lowest BCUT2D eigenvalue weighted by molar-refractivity contribution is -0.137. The summed E-state index contributed by atoms with van der Waals surface area (Å²) in [6, 6.07) is 1.34. The van der Waals surface area contributed by atoms with E-state index in [1.54, 1.807) is 6.92 Å². The van der Waals surface area contributed by atoms with Gasteiger partial charge >= 0.3 is 5.97 Å². The van der Waals surface area contributed by atoms with Crippen LogP contribution in [0.15, 0.2) is 10.5 Å². The number of ketones is 1. The van der Waals surface area contributed by atoms with Crippen molar-refractivity contribution in [1.29, 1.82) is 0 Å². The Labute approximate surface area is 117 Å². The van der Waals surface area contributed by atoms with Crippen LogP contribution in [0, 0.1) is 5.82 Å². The SMILES string of the molecule is CCOC(=O)C(=O)c1c(Br)cc(OC)c(OC)c1F. The minimum Gasteiger partial charge on any atom is -0.493 e. The van der Waals surface area contributed by atoms with Crippen molar-refractivity contribution in [3.63, 3.8) is 0 Å². The van der Waals surface area contributed by atoms with E-state index < -0.39 is 23.1 Å². The molecule has 19 heavy (non-hydrogen) atoms. The van der Waals surface area contributed by atoms with Crippen molar-refractivity contribution in [2.45, 2.75) is 6.92 Å². The van der Waals surface area contributed by atoms with Gasteiger partial charge in [-0.05, 0) is 28.9 Å². The zero-order valence-electron chi connectivity index (χ0n) is 10.6. The molecule has 0 unspecified atom stereocenters. The predicted molar refractivity (Wildman–Crippen MR) is 68.2 cm³/mol. The van der Waals surface area contributed by atoms with Crippen molar-refractivity contribution in [3.8, 4) is 11.5 Å². The molecule has 0 aromatic heterocycles. The summed E-state index contributed by atoms with van der Waals surface area (Å²) >= 11 is 3.02. The number of carbonyl (C=O) groups is 2. The van der Waals surface area contributed by atoms with E-state index in [2.05, 4.69) is 20.7 Å². The quantitative estimate of drug-likeness (QED) is 0.470. The Balaban J connectivity index is 3.36. The van der Waals surface area contributed by atoms with Gasteiger partial charge in [-0.15, -0.1) is 0 Å². The van der Waals surface area contributed by atoms with Crippen LogP contribution in [0.2, 0.25) is 0 Å². The van der Waals surface area contributed by atoms with Crippen LogP contribution >= 0.6 is 15.9 Å². The highest BCUT2D eigenvalue weighted by atomic mass is 79.9. The van der Waals surface area contributed by atoms with E-state index >= 15 is 0 Å². The highest BCUT2D eigenvalue weighted by molar-refractivity contribution is 9.10. The van der Waals surface area contributed by atoms with Gasteiger partial charge in [0, 0.05) is 4.47 Å². The normalized spacial score (nSPS) is 9.95. The molecule has 0 radical (unpaired) electrons. The highest BCUT2D eigenvalue weighted by Gasteiger charge is 2.28.